The van der Waals surface area contributed by atoms with Crippen LogP contribution in [-0.2, 0) is 33.9 Å². The minimum absolute atomic E-state index is 0.113. The third-order valence-corrected chi connectivity index (χ3v) is 5.65. The normalized spacial score (nSPS) is 21.1. The molecule has 3 amide bonds. The summed E-state index contributed by atoms with van der Waals surface area (Å²) in [4.78, 5) is 49.2. The summed E-state index contributed by atoms with van der Waals surface area (Å²) >= 11 is 0. The number of rotatable bonds is 6. The molecular formula is C18H19N3O7S. The SMILES string of the molecule is NS(=O)(=O)c1ccc(NC(=O)COC(=O)CN2C(=O)[C@H]3CC=CC[C@H]3C2=O)cc1. The van der Waals surface area contributed by atoms with Gasteiger partial charge in [-0.3, -0.25) is 24.1 Å². The van der Waals surface area contributed by atoms with Crippen molar-refractivity contribution in [2.45, 2.75) is 17.7 Å². The fourth-order valence-corrected chi connectivity index (χ4v) is 3.79. The van der Waals surface area contributed by atoms with Crippen LogP contribution in [-0.4, -0.2) is 50.2 Å². The number of ether oxygens (including phenoxy) is 1. The molecule has 1 heterocycles. The summed E-state index contributed by atoms with van der Waals surface area (Å²) in [6.07, 6.45) is 4.61. The van der Waals surface area contributed by atoms with Crippen LogP contribution in [0.2, 0.25) is 0 Å². The molecular weight excluding hydrogens is 402 g/mol. The number of benzene rings is 1. The molecule has 3 rings (SSSR count). The second-order valence-electron chi connectivity index (χ2n) is 6.70. The molecule has 2 aliphatic rings. The lowest BCUT2D eigenvalue weighted by Gasteiger charge is -2.14. The molecule has 3 N–H and O–H groups in total. The smallest absolute Gasteiger partial charge is 0.326 e. The molecule has 2 atom stereocenters. The van der Waals surface area contributed by atoms with Crippen molar-refractivity contribution in [3.63, 3.8) is 0 Å². The summed E-state index contributed by atoms with van der Waals surface area (Å²) in [6, 6.07) is 5.10. The van der Waals surface area contributed by atoms with Gasteiger partial charge in [-0.1, -0.05) is 12.2 Å². The number of imide groups is 1. The number of amides is 3. The lowest BCUT2D eigenvalue weighted by Crippen LogP contribution is -2.37. The molecule has 0 aromatic heterocycles. The molecule has 1 saturated heterocycles. The van der Waals surface area contributed by atoms with Crippen molar-refractivity contribution in [3.05, 3.63) is 36.4 Å². The number of fused-ring (bicyclic) bond motifs is 1. The third-order valence-electron chi connectivity index (χ3n) is 4.72. The lowest BCUT2D eigenvalue weighted by molar-refractivity contribution is -0.154. The Morgan fingerprint density at radius 1 is 1.07 bits per heavy atom. The van der Waals surface area contributed by atoms with Crippen molar-refractivity contribution in [2.24, 2.45) is 17.0 Å². The molecule has 0 unspecified atom stereocenters. The zero-order valence-corrected chi connectivity index (χ0v) is 16.1. The molecule has 0 radical (unpaired) electrons. The Balaban J connectivity index is 1.49. The number of nitrogens with one attached hydrogen (secondary N) is 1. The maximum absolute atomic E-state index is 12.3. The van der Waals surface area contributed by atoms with Crippen molar-refractivity contribution in [2.75, 3.05) is 18.5 Å². The maximum Gasteiger partial charge on any atom is 0.326 e. The third kappa shape index (κ3) is 4.69. The fourth-order valence-electron chi connectivity index (χ4n) is 3.27. The Bertz CT molecular complexity index is 959. The Hall–Kier alpha value is -3.05. The first kappa shape index (κ1) is 20.7. The number of carbonyl (C=O) groups is 4. The van der Waals surface area contributed by atoms with Crippen LogP contribution >= 0.6 is 0 Å². The molecule has 29 heavy (non-hydrogen) atoms. The van der Waals surface area contributed by atoms with E-state index in [1.807, 2.05) is 12.2 Å². The molecule has 1 aromatic rings. The van der Waals surface area contributed by atoms with Gasteiger partial charge < -0.3 is 10.1 Å². The van der Waals surface area contributed by atoms with E-state index in [-0.39, 0.29) is 10.6 Å². The predicted octanol–water partition coefficient (Wildman–Crippen LogP) is -0.233. The van der Waals surface area contributed by atoms with Crippen molar-refractivity contribution in [1.82, 2.24) is 4.90 Å². The van der Waals surface area contributed by atoms with E-state index >= 15 is 0 Å². The molecule has 1 aromatic carbocycles. The standard InChI is InChI=1S/C18H19N3O7S/c19-29(26,27)12-7-5-11(6-8-12)20-15(22)10-28-16(23)9-21-17(24)13-3-1-2-4-14(13)18(21)25/h1-2,5-8,13-14H,3-4,9-10H2,(H,20,22)(H2,19,26,27)/t13-,14+. The maximum atomic E-state index is 12.3. The van der Waals surface area contributed by atoms with Gasteiger partial charge in [0.1, 0.15) is 6.54 Å². The van der Waals surface area contributed by atoms with Gasteiger partial charge in [-0.25, -0.2) is 13.6 Å². The van der Waals surface area contributed by atoms with Gasteiger partial charge in [0.05, 0.1) is 16.7 Å². The Morgan fingerprint density at radius 2 is 1.62 bits per heavy atom. The number of esters is 1. The predicted molar refractivity (Wildman–Crippen MR) is 99.5 cm³/mol. The lowest BCUT2D eigenvalue weighted by atomic mass is 9.85. The van der Waals surface area contributed by atoms with E-state index in [0.29, 0.717) is 12.8 Å². The highest BCUT2D eigenvalue weighted by molar-refractivity contribution is 7.89. The molecule has 1 aliphatic carbocycles. The molecule has 154 valence electrons. The first-order chi connectivity index (χ1) is 13.7. The van der Waals surface area contributed by atoms with Gasteiger partial charge in [0, 0.05) is 5.69 Å². The number of nitrogens with zero attached hydrogens (tertiary/aromatic N) is 1. The molecule has 1 aliphatic heterocycles. The summed E-state index contributed by atoms with van der Waals surface area (Å²) in [5.41, 5.74) is 0.278. The zero-order valence-electron chi connectivity index (χ0n) is 15.2. The quantitative estimate of drug-likeness (QED) is 0.365. The number of allylic oxidation sites excluding steroid dienone is 2. The van der Waals surface area contributed by atoms with Crippen LogP contribution in [0.4, 0.5) is 5.69 Å². The minimum Gasteiger partial charge on any atom is -0.454 e. The summed E-state index contributed by atoms with van der Waals surface area (Å²) < 4.78 is 27.2. The first-order valence-corrected chi connectivity index (χ1v) is 10.3. The fraction of sp³-hybridized carbons (Fsp3) is 0.333. The highest BCUT2D eigenvalue weighted by Crippen LogP contribution is 2.34. The van der Waals surface area contributed by atoms with Crippen molar-refractivity contribution in [1.29, 1.82) is 0 Å². The highest BCUT2D eigenvalue weighted by atomic mass is 32.2. The number of nitrogens with two attached hydrogens (primary N) is 1. The Labute approximate surface area is 166 Å². The average molecular weight is 421 g/mol. The summed E-state index contributed by atoms with van der Waals surface area (Å²) in [5, 5.41) is 7.41. The van der Waals surface area contributed by atoms with Gasteiger partial charge in [0.2, 0.25) is 21.8 Å². The van der Waals surface area contributed by atoms with Crippen LogP contribution in [0.15, 0.2) is 41.3 Å². The van der Waals surface area contributed by atoms with Gasteiger partial charge in [-0.05, 0) is 37.1 Å². The van der Waals surface area contributed by atoms with E-state index < -0.39 is 58.7 Å². The topological polar surface area (TPSA) is 153 Å². The van der Waals surface area contributed by atoms with Crippen LogP contribution in [0, 0.1) is 11.8 Å². The van der Waals surface area contributed by atoms with Crippen molar-refractivity contribution < 1.29 is 32.3 Å². The number of hydrogen-bond acceptors (Lipinski definition) is 7. The Kier molecular flexibility index (Phi) is 5.80. The second-order valence-corrected chi connectivity index (χ2v) is 8.26. The van der Waals surface area contributed by atoms with E-state index in [1.165, 1.54) is 24.3 Å². The van der Waals surface area contributed by atoms with Crippen LogP contribution < -0.4 is 10.5 Å². The molecule has 0 spiro atoms. The monoisotopic (exact) mass is 421 g/mol. The van der Waals surface area contributed by atoms with Crippen LogP contribution in [0.25, 0.3) is 0 Å². The summed E-state index contributed by atoms with van der Waals surface area (Å²) in [6.45, 7) is -1.17. The van der Waals surface area contributed by atoms with Crippen LogP contribution in [0.1, 0.15) is 12.8 Å². The van der Waals surface area contributed by atoms with E-state index in [0.717, 1.165) is 4.90 Å². The van der Waals surface area contributed by atoms with E-state index in [9.17, 15) is 27.6 Å². The zero-order chi connectivity index (χ0) is 21.2. The van der Waals surface area contributed by atoms with Gasteiger partial charge in [0.15, 0.2) is 6.61 Å². The van der Waals surface area contributed by atoms with Crippen LogP contribution in [0.5, 0.6) is 0 Å². The van der Waals surface area contributed by atoms with Gasteiger partial charge in [-0.2, -0.15) is 0 Å². The van der Waals surface area contributed by atoms with E-state index in [1.54, 1.807) is 0 Å². The molecule has 10 nitrogen and oxygen atoms in total. The second kappa shape index (κ2) is 8.13. The molecule has 0 saturated carbocycles. The number of hydrogen-bond donors (Lipinski definition) is 2. The van der Waals surface area contributed by atoms with Crippen LogP contribution in [0.3, 0.4) is 0 Å². The van der Waals surface area contributed by atoms with Gasteiger partial charge >= 0.3 is 5.97 Å². The number of carbonyl (C=O) groups excluding carboxylic acids is 4. The average Bonchev–Trinajstić information content (AvgIpc) is 2.91. The van der Waals surface area contributed by atoms with E-state index in [2.05, 4.69) is 5.32 Å². The first-order valence-electron chi connectivity index (χ1n) is 8.75. The number of sulfonamides is 1. The van der Waals surface area contributed by atoms with Gasteiger partial charge in [-0.15, -0.1) is 0 Å². The number of likely N-dealkylation sites (tertiary alicyclic amines) is 1. The summed E-state index contributed by atoms with van der Waals surface area (Å²) in [5.74, 6) is -3.23. The molecule has 0 bridgehead atoms. The van der Waals surface area contributed by atoms with E-state index in [4.69, 9.17) is 9.88 Å². The molecule has 1 fully saturated rings. The molecule has 11 heteroatoms. The largest absolute Gasteiger partial charge is 0.454 e. The number of primary sulfonamides is 1. The minimum atomic E-state index is -3.84. The highest BCUT2D eigenvalue weighted by Gasteiger charge is 2.47. The number of anilines is 1. The summed E-state index contributed by atoms with van der Waals surface area (Å²) in [7, 11) is -3.84. The van der Waals surface area contributed by atoms with Gasteiger partial charge in [0.25, 0.3) is 5.91 Å². The Morgan fingerprint density at radius 3 is 2.14 bits per heavy atom. The van der Waals surface area contributed by atoms with Crippen molar-refractivity contribution >= 4 is 39.4 Å². The van der Waals surface area contributed by atoms with Crippen molar-refractivity contribution in [3.8, 4) is 0 Å².